The highest BCUT2D eigenvalue weighted by molar-refractivity contribution is 6.31. The minimum Gasteiger partial charge on any atom is -0.507 e. The van der Waals surface area contributed by atoms with Gasteiger partial charge in [0.15, 0.2) is 0 Å². The molecule has 0 bridgehead atoms. The van der Waals surface area contributed by atoms with Crippen molar-refractivity contribution >= 4 is 23.2 Å². The molecule has 1 amide bonds. The van der Waals surface area contributed by atoms with Gasteiger partial charge in [0.1, 0.15) is 11.5 Å². The fourth-order valence-electron chi connectivity index (χ4n) is 1.74. The minimum absolute atomic E-state index is 0.118. The van der Waals surface area contributed by atoms with E-state index in [4.69, 9.17) is 16.3 Å². The maximum absolute atomic E-state index is 12.2. The lowest BCUT2D eigenvalue weighted by Gasteiger charge is -2.11. The highest BCUT2D eigenvalue weighted by Crippen LogP contribution is 2.25. The Balaban J connectivity index is 2.30. The number of hydrogen-bond donors (Lipinski definition) is 2. The first-order chi connectivity index (χ1) is 9.51. The highest BCUT2D eigenvalue weighted by atomic mass is 35.5. The van der Waals surface area contributed by atoms with Gasteiger partial charge in [0.05, 0.1) is 12.7 Å². The molecule has 0 aromatic heterocycles. The van der Waals surface area contributed by atoms with E-state index < -0.39 is 5.91 Å². The zero-order valence-electron chi connectivity index (χ0n) is 11.1. The van der Waals surface area contributed by atoms with Crippen LogP contribution in [-0.4, -0.2) is 18.1 Å². The average Bonchev–Trinajstić information content (AvgIpc) is 2.43. The molecule has 4 nitrogen and oxygen atoms in total. The fraction of sp³-hybridized carbons (Fsp3) is 0.133. The molecule has 0 saturated heterocycles. The summed E-state index contributed by atoms with van der Waals surface area (Å²) in [4.78, 5) is 12.2. The van der Waals surface area contributed by atoms with E-state index in [1.54, 1.807) is 13.2 Å². The number of phenols is 1. The largest absolute Gasteiger partial charge is 0.507 e. The van der Waals surface area contributed by atoms with Crippen LogP contribution in [0.1, 0.15) is 15.9 Å². The fourth-order valence-corrected chi connectivity index (χ4v) is 1.91. The standard InChI is InChI=1S/C15H14ClNO3/c1-9-3-5-11(20-2)8-13(9)17-15(19)12-7-10(16)4-6-14(12)18/h3-8,18H,1-2H3,(H,17,19). The maximum atomic E-state index is 12.2. The van der Waals surface area contributed by atoms with Crippen molar-refractivity contribution < 1.29 is 14.6 Å². The van der Waals surface area contributed by atoms with Gasteiger partial charge in [-0.05, 0) is 36.8 Å². The first kappa shape index (κ1) is 14.2. The first-order valence-electron chi connectivity index (χ1n) is 5.96. The number of amides is 1. The number of carbonyl (C=O) groups is 1. The third-order valence-corrected chi connectivity index (χ3v) is 3.13. The second-order valence-corrected chi connectivity index (χ2v) is 4.73. The number of methoxy groups -OCH3 is 1. The van der Waals surface area contributed by atoms with Crippen LogP contribution >= 0.6 is 11.6 Å². The Kier molecular flexibility index (Phi) is 4.15. The SMILES string of the molecule is COc1ccc(C)c(NC(=O)c2cc(Cl)ccc2O)c1. The van der Waals surface area contributed by atoms with Crippen LogP contribution in [-0.2, 0) is 0 Å². The van der Waals surface area contributed by atoms with Crippen molar-refractivity contribution in [2.75, 3.05) is 12.4 Å². The number of anilines is 1. The van der Waals surface area contributed by atoms with Gasteiger partial charge in [-0.15, -0.1) is 0 Å². The summed E-state index contributed by atoms with van der Waals surface area (Å²) in [5.41, 5.74) is 1.63. The molecule has 2 rings (SSSR count). The summed E-state index contributed by atoms with van der Waals surface area (Å²) in [6, 6.07) is 9.69. The molecule has 2 N–H and O–H groups in total. The molecule has 0 saturated carbocycles. The van der Waals surface area contributed by atoms with E-state index in [-0.39, 0.29) is 11.3 Å². The van der Waals surface area contributed by atoms with E-state index in [0.717, 1.165) is 5.56 Å². The number of carbonyl (C=O) groups excluding carboxylic acids is 1. The van der Waals surface area contributed by atoms with Crippen LogP contribution in [0.5, 0.6) is 11.5 Å². The maximum Gasteiger partial charge on any atom is 0.259 e. The molecule has 0 radical (unpaired) electrons. The molecule has 0 aliphatic heterocycles. The van der Waals surface area contributed by atoms with Crippen molar-refractivity contribution in [1.29, 1.82) is 0 Å². The third kappa shape index (κ3) is 3.03. The van der Waals surface area contributed by atoms with Gasteiger partial charge >= 0.3 is 0 Å². The summed E-state index contributed by atoms with van der Waals surface area (Å²) < 4.78 is 5.12. The quantitative estimate of drug-likeness (QED) is 0.908. The number of phenolic OH excluding ortho intramolecular Hbond substituents is 1. The minimum atomic E-state index is -0.429. The second kappa shape index (κ2) is 5.84. The topological polar surface area (TPSA) is 58.6 Å². The van der Waals surface area contributed by atoms with E-state index in [1.165, 1.54) is 18.2 Å². The summed E-state index contributed by atoms with van der Waals surface area (Å²) in [5.74, 6) is 0.0926. The van der Waals surface area contributed by atoms with Crippen LogP contribution in [0.15, 0.2) is 36.4 Å². The lowest BCUT2D eigenvalue weighted by molar-refractivity contribution is 0.102. The van der Waals surface area contributed by atoms with Crippen LogP contribution in [0.25, 0.3) is 0 Å². The Morgan fingerprint density at radius 2 is 2.00 bits per heavy atom. The number of benzene rings is 2. The van der Waals surface area contributed by atoms with Gasteiger partial charge in [0, 0.05) is 16.8 Å². The average molecular weight is 292 g/mol. The zero-order valence-corrected chi connectivity index (χ0v) is 11.9. The van der Waals surface area contributed by atoms with Crippen LogP contribution in [0, 0.1) is 6.92 Å². The molecule has 0 unspecified atom stereocenters. The first-order valence-corrected chi connectivity index (χ1v) is 6.33. The van der Waals surface area contributed by atoms with Crippen LogP contribution in [0.4, 0.5) is 5.69 Å². The van der Waals surface area contributed by atoms with Gasteiger partial charge < -0.3 is 15.2 Å². The molecule has 0 atom stereocenters. The molecular formula is C15H14ClNO3. The van der Waals surface area contributed by atoms with Gasteiger partial charge in [0.25, 0.3) is 5.91 Å². The van der Waals surface area contributed by atoms with E-state index in [0.29, 0.717) is 16.5 Å². The molecule has 0 aliphatic carbocycles. The Hall–Kier alpha value is -2.20. The molecule has 0 spiro atoms. The van der Waals surface area contributed by atoms with E-state index in [9.17, 15) is 9.90 Å². The lowest BCUT2D eigenvalue weighted by atomic mass is 10.1. The lowest BCUT2D eigenvalue weighted by Crippen LogP contribution is -2.13. The van der Waals surface area contributed by atoms with Crippen molar-refractivity contribution in [2.24, 2.45) is 0 Å². The van der Waals surface area contributed by atoms with Crippen LogP contribution in [0.3, 0.4) is 0 Å². The molecule has 5 heteroatoms. The number of ether oxygens (including phenoxy) is 1. The van der Waals surface area contributed by atoms with Gasteiger partial charge in [-0.1, -0.05) is 17.7 Å². The van der Waals surface area contributed by atoms with Crippen molar-refractivity contribution in [1.82, 2.24) is 0 Å². The predicted molar refractivity (Wildman–Crippen MR) is 78.8 cm³/mol. The number of halogens is 1. The van der Waals surface area contributed by atoms with Gasteiger partial charge in [0.2, 0.25) is 0 Å². The second-order valence-electron chi connectivity index (χ2n) is 4.30. The molecule has 0 fully saturated rings. The Morgan fingerprint density at radius 3 is 2.70 bits per heavy atom. The van der Waals surface area contributed by atoms with Crippen LogP contribution < -0.4 is 10.1 Å². The van der Waals surface area contributed by atoms with Gasteiger partial charge in [-0.2, -0.15) is 0 Å². The Labute approximate surface area is 122 Å². The van der Waals surface area contributed by atoms with E-state index in [2.05, 4.69) is 5.32 Å². The molecule has 0 aliphatic rings. The Morgan fingerprint density at radius 1 is 1.25 bits per heavy atom. The van der Waals surface area contributed by atoms with E-state index in [1.807, 2.05) is 19.1 Å². The number of rotatable bonds is 3. The number of nitrogens with one attached hydrogen (secondary N) is 1. The molecule has 2 aromatic carbocycles. The number of aryl methyl sites for hydroxylation is 1. The summed E-state index contributed by atoms with van der Waals surface area (Å²) in [7, 11) is 1.55. The molecule has 104 valence electrons. The molecule has 2 aromatic rings. The zero-order chi connectivity index (χ0) is 14.7. The predicted octanol–water partition coefficient (Wildman–Crippen LogP) is 3.61. The van der Waals surface area contributed by atoms with Gasteiger partial charge in [-0.25, -0.2) is 0 Å². The summed E-state index contributed by atoms with van der Waals surface area (Å²) >= 11 is 5.83. The van der Waals surface area contributed by atoms with Crippen molar-refractivity contribution in [3.8, 4) is 11.5 Å². The van der Waals surface area contributed by atoms with Crippen molar-refractivity contribution in [3.05, 3.63) is 52.5 Å². The summed E-state index contributed by atoms with van der Waals surface area (Å²) in [6.07, 6.45) is 0. The third-order valence-electron chi connectivity index (χ3n) is 2.90. The van der Waals surface area contributed by atoms with Crippen molar-refractivity contribution in [2.45, 2.75) is 6.92 Å². The van der Waals surface area contributed by atoms with Crippen LogP contribution in [0.2, 0.25) is 5.02 Å². The van der Waals surface area contributed by atoms with Gasteiger partial charge in [-0.3, -0.25) is 4.79 Å². The highest BCUT2D eigenvalue weighted by Gasteiger charge is 2.13. The summed E-state index contributed by atoms with van der Waals surface area (Å²) in [6.45, 7) is 1.87. The number of hydrogen-bond acceptors (Lipinski definition) is 3. The molecule has 20 heavy (non-hydrogen) atoms. The monoisotopic (exact) mass is 291 g/mol. The smallest absolute Gasteiger partial charge is 0.259 e. The number of aromatic hydroxyl groups is 1. The molecule has 0 heterocycles. The van der Waals surface area contributed by atoms with Crippen molar-refractivity contribution in [3.63, 3.8) is 0 Å². The Bertz CT molecular complexity index is 656. The normalized spacial score (nSPS) is 10.2. The molecular weight excluding hydrogens is 278 g/mol. The van der Waals surface area contributed by atoms with E-state index >= 15 is 0 Å². The summed E-state index contributed by atoms with van der Waals surface area (Å²) in [5, 5.41) is 12.8.